The fourth-order valence-electron chi connectivity index (χ4n) is 9.75. The number of hydrogen-bond acceptors (Lipinski definition) is 2. The van der Waals surface area contributed by atoms with E-state index < -0.39 is 5.41 Å². The van der Waals surface area contributed by atoms with Crippen LogP contribution < -0.4 is 0 Å². The van der Waals surface area contributed by atoms with Gasteiger partial charge in [0.05, 0.1) is 16.8 Å². The van der Waals surface area contributed by atoms with Crippen LogP contribution in [0.25, 0.3) is 56.2 Å². The second-order valence-electron chi connectivity index (χ2n) is 17.2. The molecular weight excluding hydrogens is 689 g/mol. The number of hydrogen-bond donors (Lipinski definition) is 0. The van der Waals surface area contributed by atoms with Crippen LogP contribution >= 0.6 is 0 Å². The van der Waals surface area contributed by atoms with Crippen LogP contribution in [0, 0.1) is 0 Å². The molecule has 0 amide bonds. The lowest BCUT2D eigenvalue weighted by Gasteiger charge is -2.42. The molecule has 57 heavy (non-hydrogen) atoms. The predicted molar refractivity (Wildman–Crippen MR) is 236 cm³/mol. The Bertz CT molecular complexity index is 2720. The molecule has 0 N–H and O–H groups in total. The zero-order valence-corrected chi connectivity index (χ0v) is 33.1. The van der Waals surface area contributed by atoms with E-state index in [1.165, 1.54) is 68.5 Å². The Labute approximate surface area is 337 Å². The Morgan fingerprint density at radius 2 is 0.860 bits per heavy atom. The van der Waals surface area contributed by atoms with Gasteiger partial charge in [-0.15, -0.1) is 0 Å². The molecule has 1 heterocycles. The maximum Gasteiger partial charge on any atom is 0.161 e. The Morgan fingerprint density at radius 3 is 1.51 bits per heavy atom. The van der Waals surface area contributed by atoms with Gasteiger partial charge in [-0.2, -0.15) is 0 Å². The quantitative estimate of drug-likeness (QED) is 0.170. The maximum atomic E-state index is 5.43. The normalized spacial score (nSPS) is 15.6. The first-order chi connectivity index (χ1) is 27.7. The molecule has 0 unspecified atom stereocenters. The third-order valence-corrected chi connectivity index (χ3v) is 12.9. The van der Waals surface area contributed by atoms with Gasteiger partial charge in [-0.05, 0) is 85.4 Å². The smallest absolute Gasteiger partial charge is 0.161 e. The fraction of sp³-hybridized carbons (Fsp3) is 0.164. The molecule has 0 atom stereocenters. The minimum Gasteiger partial charge on any atom is -0.228 e. The molecule has 1 aromatic heterocycles. The average molecular weight is 735 g/mol. The Hall–Kier alpha value is -6.38. The van der Waals surface area contributed by atoms with E-state index >= 15 is 0 Å². The molecule has 7 aromatic carbocycles. The van der Waals surface area contributed by atoms with Crippen molar-refractivity contribution in [3.63, 3.8) is 0 Å². The van der Waals surface area contributed by atoms with Crippen molar-refractivity contribution in [1.29, 1.82) is 0 Å². The SMILES string of the molecule is CC1(C)CCC(C)(C)c2cc(-c3ccc(-c4cc(-c5ccccc5)nc(-c5cccc6c5-c5ccccc5C6(c5ccccc5)c5ccccc5)n4)cc3)ccc21. The van der Waals surface area contributed by atoms with Gasteiger partial charge in [0.15, 0.2) is 5.82 Å². The molecule has 0 spiro atoms. The van der Waals surface area contributed by atoms with Gasteiger partial charge in [0.2, 0.25) is 0 Å². The van der Waals surface area contributed by atoms with Crippen molar-refractivity contribution in [2.75, 3.05) is 0 Å². The van der Waals surface area contributed by atoms with Crippen LogP contribution in [-0.2, 0) is 16.2 Å². The molecule has 2 aliphatic rings. The maximum absolute atomic E-state index is 5.43. The van der Waals surface area contributed by atoms with Crippen molar-refractivity contribution in [2.45, 2.75) is 56.8 Å². The van der Waals surface area contributed by atoms with E-state index in [0.717, 1.165) is 33.9 Å². The third kappa shape index (κ3) is 5.69. The van der Waals surface area contributed by atoms with Gasteiger partial charge >= 0.3 is 0 Å². The molecule has 0 bridgehead atoms. The van der Waals surface area contributed by atoms with E-state index in [4.69, 9.17) is 9.97 Å². The third-order valence-electron chi connectivity index (χ3n) is 12.9. The molecule has 0 saturated carbocycles. The van der Waals surface area contributed by atoms with Gasteiger partial charge in [-0.25, -0.2) is 9.97 Å². The van der Waals surface area contributed by atoms with Crippen LogP contribution in [-0.4, -0.2) is 9.97 Å². The van der Waals surface area contributed by atoms with Crippen molar-refractivity contribution in [2.24, 2.45) is 0 Å². The number of rotatable bonds is 6. The second-order valence-corrected chi connectivity index (χ2v) is 17.2. The van der Waals surface area contributed by atoms with Crippen molar-refractivity contribution in [3.8, 4) is 56.2 Å². The topological polar surface area (TPSA) is 25.8 Å². The minimum atomic E-state index is -0.498. The van der Waals surface area contributed by atoms with Crippen LogP contribution in [0.4, 0.5) is 0 Å². The number of benzene rings is 7. The van der Waals surface area contributed by atoms with Crippen LogP contribution in [0.3, 0.4) is 0 Å². The molecule has 2 aliphatic carbocycles. The Balaban J connectivity index is 1.14. The summed E-state index contributed by atoms with van der Waals surface area (Å²) in [6.45, 7) is 9.57. The Kier molecular flexibility index (Phi) is 8.23. The average Bonchev–Trinajstić information content (AvgIpc) is 3.57. The van der Waals surface area contributed by atoms with Crippen LogP contribution in [0.1, 0.15) is 73.9 Å². The standard InChI is InChI=1S/C55H46N2/c1-53(2)33-34-54(3,4)48-35-40(31-32-46(48)53)37-27-29-39(30-28-37)50-36-49(38-17-8-5-9-18-38)56-52(57-50)44-24-16-26-47-51(44)43-23-14-15-25-45(43)55(47,41-19-10-6-11-20-41)42-21-12-7-13-22-42/h5-32,35-36H,33-34H2,1-4H3. The molecule has 2 heteroatoms. The predicted octanol–water partition coefficient (Wildman–Crippen LogP) is 13.9. The molecule has 2 nitrogen and oxygen atoms in total. The molecule has 0 aliphatic heterocycles. The first kappa shape index (κ1) is 35.1. The summed E-state index contributed by atoms with van der Waals surface area (Å²) < 4.78 is 0. The van der Waals surface area contributed by atoms with Gasteiger partial charge in [0.1, 0.15) is 0 Å². The highest BCUT2D eigenvalue weighted by atomic mass is 14.9. The zero-order chi connectivity index (χ0) is 38.8. The van der Waals surface area contributed by atoms with Crippen molar-refractivity contribution in [3.05, 3.63) is 215 Å². The number of fused-ring (bicyclic) bond motifs is 4. The monoisotopic (exact) mass is 734 g/mol. The second kappa shape index (κ2) is 13.4. The highest BCUT2D eigenvalue weighted by Crippen LogP contribution is 2.58. The summed E-state index contributed by atoms with van der Waals surface area (Å²) in [5.74, 6) is 0.721. The molecule has 0 saturated heterocycles. The van der Waals surface area contributed by atoms with E-state index in [1.807, 2.05) is 0 Å². The van der Waals surface area contributed by atoms with Gasteiger partial charge in [0.25, 0.3) is 0 Å². The van der Waals surface area contributed by atoms with Crippen molar-refractivity contribution in [1.82, 2.24) is 9.97 Å². The largest absolute Gasteiger partial charge is 0.228 e. The number of nitrogens with zero attached hydrogens (tertiary/aromatic N) is 2. The van der Waals surface area contributed by atoms with E-state index in [-0.39, 0.29) is 10.8 Å². The molecule has 10 rings (SSSR count). The molecule has 276 valence electrons. The highest BCUT2D eigenvalue weighted by molar-refractivity contribution is 5.94. The first-order valence-corrected chi connectivity index (χ1v) is 20.3. The van der Waals surface area contributed by atoms with E-state index in [2.05, 4.69) is 210 Å². The van der Waals surface area contributed by atoms with E-state index in [1.54, 1.807) is 0 Å². The highest BCUT2D eigenvalue weighted by Gasteiger charge is 2.47. The van der Waals surface area contributed by atoms with Crippen molar-refractivity contribution >= 4 is 0 Å². The molecule has 0 radical (unpaired) electrons. The van der Waals surface area contributed by atoms with Gasteiger partial charge in [0, 0.05) is 16.7 Å². The lowest BCUT2D eigenvalue weighted by atomic mass is 9.63. The number of aromatic nitrogens is 2. The minimum absolute atomic E-state index is 0.159. The summed E-state index contributed by atoms with van der Waals surface area (Å²) in [7, 11) is 0. The van der Waals surface area contributed by atoms with Gasteiger partial charge in [-0.1, -0.05) is 204 Å². The Morgan fingerprint density at radius 1 is 0.368 bits per heavy atom. The summed E-state index contributed by atoms with van der Waals surface area (Å²) in [6.07, 6.45) is 2.41. The van der Waals surface area contributed by atoms with Gasteiger partial charge < -0.3 is 0 Å². The van der Waals surface area contributed by atoms with E-state index in [9.17, 15) is 0 Å². The summed E-state index contributed by atoms with van der Waals surface area (Å²) in [6, 6.07) is 66.2. The fourth-order valence-corrected chi connectivity index (χ4v) is 9.75. The molecular formula is C55H46N2. The summed E-state index contributed by atoms with van der Waals surface area (Å²) >= 11 is 0. The van der Waals surface area contributed by atoms with Crippen LogP contribution in [0.2, 0.25) is 0 Å². The summed E-state index contributed by atoms with van der Waals surface area (Å²) in [4.78, 5) is 10.8. The van der Waals surface area contributed by atoms with Crippen molar-refractivity contribution < 1.29 is 0 Å². The van der Waals surface area contributed by atoms with E-state index in [0.29, 0.717) is 0 Å². The van der Waals surface area contributed by atoms with Gasteiger partial charge in [-0.3, -0.25) is 0 Å². The lowest BCUT2D eigenvalue weighted by Crippen LogP contribution is -2.33. The molecule has 8 aromatic rings. The van der Waals surface area contributed by atoms with Crippen LogP contribution in [0.15, 0.2) is 182 Å². The summed E-state index contributed by atoms with van der Waals surface area (Å²) in [5, 5.41) is 0. The first-order valence-electron chi connectivity index (χ1n) is 20.3. The summed E-state index contributed by atoms with van der Waals surface area (Å²) in [5.41, 5.74) is 17.7. The molecule has 0 fully saturated rings. The van der Waals surface area contributed by atoms with Crippen LogP contribution in [0.5, 0.6) is 0 Å². The zero-order valence-electron chi connectivity index (χ0n) is 33.1. The lowest BCUT2D eigenvalue weighted by molar-refractivity contribution is 0.332.